The summed E-state index contributed by atoms with van der Waals surface area (Å²) in [6, 6.07) is 20.8. The van der Waals surface area contributed by atoms with E-state index in [2.05, 4.69) is 10.6 Å². The summed E-state index contributed by atoms with van der Waals surface area (Å²) in [6.45, 7) is 1.98. The Labute approximate surface area is 218 Å². The van der Waals surface area contributed by atoms with Gasteiger partial charge in [0, 0.05) is 6.04 Å². The largest absolute Gasteiger partial charge is 0.492 e. The van der Waals surface area contributed by atoms with Gasteiger partial charge in [0.25, 0.3) is 5.56 Å². The van der Waals surface area contributed by atoms with Crippen LogP contribution in [0.5, 0.6) is 5.75 Å². The van der Waals surface area contributed by atoms with Crippen molar-refractivity contribution in [3.63, 3.8) is 0 Å². The highest BCUT2D eigenvalue weighted by Crippen LogP contribution is 2.24. The molecule has 9 nitrogen and oxygen atoms in total. The molecule has 1 fully saturated rings. The third-order valence-corrected chi connectivity index (χ3v) is 6.31. The number of rotatable bonds is 9. The first-order valence-electron chi connectivity index (χ1n) is 12.6. The van der Waals surface area contributed by atoms with Crippen molar-refractivity contribution in [3.8, 4) is 11.4 Å². The van der Waals surface area contributed by atoms with Crippen molar-refractivity contribution in [1.29, 1.82) is 0 Å². The van der Waals surface area contributed by atoms with Crippen LogP contribution in [0.2, 0.25) is 0 Å². The molecule has 0 bridgehead atoms. The van der Waals surface area contributed by atoms with Crippen LogP contribution in [0.1, 0.15) is 25.3 Å². The van der Waals surface area contributed by atoms with Crippen LogP contribution in [0.15, 0.2) is 82.4 Å². The van der Waals surface area contributed by atoms with Crippen LogP contribution in [0.25, 0.3) is 16.6 Å². The topological polar surface area (TPSA) is 111 Å². The van der Waals surface area contributed by atoms with Gasteiger partial charge in [0.15, 0.2) is 0 Å². The number of para-hydroxylation sites is 3. The minimum absolute atomic E-state index is 0.0533. The number of ether oxygens (including phenoxy) is 1. The van der Waals surface area contributed by atoms with E-state index in [1.165, 1.54) is 4.57 Å². The Bertz CT molecular complexity index is 1620. The van der Waals surface area contributed by atoms with Crippen LogP contribution in [-0.4, -0.2) is 33.6 Å². The van der Waals surface area contributed by atoms with E-state index in [1.54, 1.807) is 72.8 Å². The van der Waals surface area contributed by atoms with E-state index in [-0.39, 0.29) is 24.9 Å². The SMILES string of the molecule is CCOc1ccccc1NC(=O)Cn1c(=O)n(-c2ccc(CC(=O)NC3CC3)cc2)c(=O)c2ccccc21. The highest BCUT2D eigenvalue weighted by molar-refractivity contribution is 5.93. The molecule has 0 aliphatic heterocycles. The van der Waals surface area contributed by atoms with Crippen LogP contribution < -0.4 is 26.6 Å². The van der Waals surface area contributed by atoms with Crippen LogP contribution >= 0.6 is 0 Å². The molecule has 2 amide bonds. The van der Waals surface area contributed by atoms with Gasteiger partial charge in [0.2, 0.25) is 11.8 Å². The molecule has 1 heterocycles. The third-order valence-electron chi connectivity index (χ3n) is 6.31. The average Bonchev–Trinajstić information content (AvgIpc) is 3.73. The fourth-order valence-corrected chi connectivity index (χ4v) is 4.34. The van der Waals surface area contributed by atoms with Gasteiger partial charge in [-0.1, -0.05) is 36.4 Å². The minimum atomic E-state index is -0.638. The molecule has 2 N–H and O–H groups in total. The van der Waals surface area contributed by atoms with Crippen molar-refractivity contribution >= 4 is 28.4 Å². The lowest BCUT2D eigenvalue weighted by molar-refractivity contribution is -0.120. The molecule has 0 saturated heterocycles. The zero-order valence-electron chi connectivity index (χ0n) is 21.0. The number of carbonyl (C=O) groups excluding carboxylic acids is 2. The lowest BCUT2D eigenvalue weighted by Gasteiger charge is -2.15. The monoisotopic (exact) mass is 512 g/mol. The summed E-state index contributed by atoms with van der Waals surface area (Å²) in [6.07, 6.45) is 2.24. The van der Waals surface area contributed by atoms with Gasteiger partial charge in [-0.05, 0) is 61.7 Å². The molecule has 3 aromatic carbocycles. The zero-order valence-corrected chi connectivity index (χ0v) is 21.0. The highest BCUT2D eigenvalue weighted by Gasteiger charge is 2.23. The first kappa shape index (κ1) is 25.0. The maximum absolute atomic E-state index is 13.6. The van der Waals surface area contributed by atoms with E-state index >= 15 is 0 Å². The maximum Gasteiger partial charge on any atom is 0.336 e. The van der Waals surface area contributed by atoms with Crippen molar-refractivity contribution in [3.05, 3.63) is 99.2 Å². The second kappa shape index (κ2) is 10.8. The van der Waals surface area contributed by atoms with Crippen LogP contribution in [0, 0.1) is 0 Å². The molecule has 9 heteroatoms. The summed E-state index contributed by atoms with van der Waals surface area (Å²) >= 11 is 0. The van der Waals surface area contributed by atoms with Gasteiger partial charge < -0.3 is 15.4 Å². The molecule has 5 rings (SSSR count). The fourth-order valence-electron chi connectivity index (χ4n) is 4.34. The predicted molar refractivity (Wildman–Crippen MR) is 145 cm³/mol. The van der Waals surface area contributed by atoms with E-state index < -0.39 is 17.2 Å². The van der Waals surface area contributed by atoms with E-state index in [0.717, 1.165) is 23.0 Å². The lowest BCUT2D eigenvalue weighted by Crippen LogP contribution is -2.40. The highest BCUT2D eigenvalue weighted by atomic mass is 16.5. The molecule has 0 spiro atoms. The fraction of sp³-hybridized carbons (Fsp3) is 0.241. The van der Waals surface area contributed by atoms with Gasteiger partial charge in [-0.2, -0.15) is 0 Å². The van der Waals surface area contributed by atoms with E-state index in [1.807, 2.05) is 6.92 Å². The Hall–Kier alpha value is -4.66. The molecule has 0 unspecified atom stereocenters. The van der Waals surface area contributed by atoms with Crippen LogP contribution in [0.3, 0.4) is 0 Å². The van der Waals surface area contributed by atoms with Gasteiger partial charge >= 0.3 is 5.69 Å². The molecule has 1 saturated carbocycles. The number of fused-ring (bicyclic) bond motifs is 1. The molecule has 0 radical (unpaired) electrons. The Morgan fingerprint density at radius 3 is 2.37 bits per heavy atom. The van der Waals surface area contributed by atoms with Crippen molar-refractivity contribution in [2.75, 3.05) is 11.9 Å². The maximum atomic E-state index is 13.6. The molecule has 1 aliphatic rings. The quantitative estimate of drug-likeness (QED) is 0.358. The van der Waals surface area contributed by atoms with Gasteiger partial charge in [0.1, 0.15) is 12.3 Å². The Balaban J connectivity index is 1.47. The van der Waals surface area contributed by atoms with Gasteiger partial charge in [-0.15, -0.1) is 0 Å². The summed E-state index contributed by atoms with van der Waals surface area (Å²) in [5.41, 5.74) is 0.859. The van der Waals surface area contributed by atoms with E-state index in [4.69, 9.17) is 4.74 Å². The summed E-state index contributed by atoms with van der Waals surface area (Å²) in [5.74, 6) is 0.0328. The van der Waals surface area contributed by atoms with Gasteiger partial charge in [0.05, 0.1) is 35.3 Å². The van der Waals surface area contributed by atoms with Crippen molar-refractivity contribution in [2.45, 2.75) is 38.8 Å². The second-order valence-electron chi connectivity index (χ2n) is 9.19. The molecule has 38 heavy (non-hydrogen) atoms. The molecule has 194 valence electrons. The van der Waals surface area contributed by atoms with E-state index in [9.17, 15) is 19.2 Å². The number of aromatic nitrogens is 2. The standard InChI is InChI=1S/C29H28N4O5/c1-2-38-25-10-6-4-8-23(25)31-27(35)18-32-24-9-5-3-7-22(24)28(36)33(29(32)37)21-15-11-19(12-16-21)17-26(34)30-20-13-14-20/h3-12,15-16,20H,2,13-14,17-18H2,1H3,(H,30,34)(H,31,35). The van der Waals surface area contributed by atoms with Crippen LogP contribution in [-0.2, 0) is 22.6 Å². The first-order chi connectivity index (χ1) is 18.4. The summed E-state index contributed by atoms with van der Waals surface area (Å²) < 4.78 is 7.91. The molecule has 4 aromatic rings. The first-order valence-corrected chi connectivity index (χ1v) is 12.6. The molecule has 1 aliphatic carbocycles. The van der Waals surface area contributed by atoms with Crippen molar-refractivity contribution in [2.24, 2.45) is 0 Å². The number of hydrogen-bond donors (Lipinski definition) is 2. The summed E-state index contributed by atoms with van der Waals surface area (Å²) in [4.78, 5) is 52.2. The number of anilines is 1. The Morgan fingerprint density at radius 2 is 1.63 bits per heavy atom. The van der Waals surface area contributed by atoms with Crippen molar-refractivity contribution < 1.29 is 14.3 Å². The number of benzene rings is 3. The normalized spacial score (nSPS) is 12.8. The second-order valence-corrected chi connectivity index (χ2v) is 9.19. The zero-order chi connectivity index (χ0) is 26.6. The van der Waals surface area contributed by atoms with Gasteiger partial charge in [-0.3, -0.25) is 19.0 Å². The Morgan fingerprint density at radius 1 is 0.921 bits per heavy atom. The number of nitrogens with zero attached hydrogens (tertiary/aromatic N) is 2. The van der Waals surface area contributed by atoms with Crippen molar-refractivity contribution in [1.82, 2.24) is 14.5 Å². The average molecular weight is 513 g/mol. The third kappa shape index (κ3) is 5.36. The van der Waals surface area contributed by atoms with E-state index in [0.29, 0.717) is 34.6 Å². The van der Waals surface area contributed by atoms with Gasteiger partial charge in [-0.25, -0.2) is 9.36 Å². The predicted octanol–water partition coefficient (Wildman–Crippen LogP) is 3.01. The molecular weight excluding hydrogens is 484 g/mol. The number of nitrogens with one attached hydrogen (secondary N) is 2. The summed E-state index contributed by atoms with van der Waals surface area (Å²) in [5, 5.41) is 6.06. The molecular formula is C29H28N4O5. The number of amides is 2. The minimum Gasteiger partial charge on any atom is -0.492 e. The molecule has 1 aromatic heterocycles. The lowest BCUT2D eigenvalue weighted by atomic mass is 10.1. The summed E-state index contributed by atoms with van der Waals surface area (Å²) in [7, 11) is 0. The number of hydrogen-bond acceptors (Lipinski definition) is 5. The molecule has 0 atom stereocenters. The number of carbonyl (C=O) groups is 2. The Kier molecular flexibility index (Phi) is 7.08. The smallest absolute Gasteiger partial charge is 0.336 e. The van der Waals surface area contributed by atoms with Crippen LogP contribution in [0.4, 0.5) is 5.69 Å².